The lowest BCUT2D eigenvalue weighted by Crippen LogP contribution is -2.61. The second-order valence-electron chi connectivity index (χ2n) is 16.0. The van der Waals surface area contributed by atoms with E-state index in [0.717, 1.165) is 102 Å². The zero-order chi connectivity index (χ0) is 35.5. The van der Waals surface area contributed by atoms with Crippen LogP contribution < -0.4 is 10.6 Å². The molecule has 4 saturated carbocycles. The molecule has 0 spiro atoms. The lowest BCUT2D eigenvalue weighted by atomic mass is 9.53. The molecule has 4 bridgehead atoms. The van der Waals surface area contributed by atoms with Crippen molar-refractivity contribution in [2.45, 2.75) is 88.6 Å². The summed E-state index contributed by atoms with van der Waals surface area (Å²) in [5, 5.41) is 16.2. The fourth-order valence-corrected chi connectivity index (χ4v) is 9.75. The number of rotatable bonds is 12. The molecule has 1 saturated heterocycles. The summed E-state index contributed by atoms with van der Waals surface area (Å²) in [6, 6.07) is 30.9. The van der Waals surface area contributed by atoms with Crippen LogP contribution in [0.1, 0.15) is 85.3 Å². The van der Waals surface area contributed by atoms with Gasteiger partial charge in [-0.25, -0.2) is 4.79 Å². The van der Waals surface area contributed by atoms with Gasteiger partial charge in [-0.1, -0.05) is 72.8 Å². The Balaban J connectivity index is 0.909. The van der Waals surface area contributed by atoms with Crippen molar-refractivity contribution in [3.63, 3.8) is 0 Å². The molecular weight excluding hydrogens is 649 g/mol. The van der Waals surface area contributed by atoms with Gasteiger partial charge in [-0.05, 0) is 109 Å². The molecule has 1 aliphatic heterocycles. The Morgan fingerprint density at radius 3 is 2.25 bits per heavy atom. The highest BCUT2D eigenvalue weighted by Crippen LogP contribution is 2.55. The summed E-state index contributed by atoms with van der Waals surface area (Å²) in [6.45, 7) is 2.17. The number of aliphatic hydroxyl groups excluding tert-OH is 1. The molecule has 0 radical (unpaired) electrons. The standard InChI is InChI=1S/C44H52N4O4/c1-48(18-16-39-7-2-3-17-45-39)28-40-23-41(36-10-8-30(29-49)9-11-36)52-42(51-40)37-14-12-35(13-15-37)38-6-4-5-31(22-38)27-46-43(50)47-44-24-32-19-33(25-44)21-34(20-32)26-44/h2-15,17,22,32-34,40-42,49H,16,18-21,23-29H2,1H3,(H2,46,47,50). The highest BCUT2D eigenvalue weighted by Gasteiger charge is 2.51. The third-order valence-electron chi connectivity index (χ3n) is 11.9. The Bertz CT molecular complexity index is 1760. The zero-order valence-corrected chi connectivity index (χ0v) is 30.3. The van der Waals surface area contributed by atoms with Gasteiger partial charge in [0.25, 0.3) is 0 Å². The number of hydrogen-bond donors (Lipinski definition) is 3. The topological polar surface area (TPSA) is 96.0 Å². The predicted octanol–water partition coefficient (Wildman–Crippen LogP) is 7.73. The van der Waals surface area contributed by atoms with E-state index in [2.05, 4.69) is 94.3 Å². The van der Waals surface area contributed by atoms with Crippen LogP contribution >= 0.6 is 0 Å². The first-order valence-electron chi connectivity index (χ1n) is 19.2. The Kier molecular flexibility index (Phi) is 10.4. The number of nitrogens with one attached hydrogen (secondary N) is 2. The molecule has 3 aromatic carbocycles. The van der Waals surface area contributed by atoms with Crippen molar-refractivity contribution < 1.29 is 19.4 Å². The normalized spacial score (nSPS) is 27.8. The van der Waals surface area contributed by atoms with E-state index in [-0.39, 0.29) is 30.4 Å². The number of benzene rings is 3. The second kappa shape index (κ2) is 15.5. The van der Waals surface area contributed by atoms with E-state index >= 15 is 0 Å². The van der Waals surface area contributed by atoms with E-state index in [9.17, 15) is 9.90 Å². The fraction of sp³-hybridized carbons (Fsp3) is 0.455. The SMILES string of the molecule is CN(CCc1ccccn1)CC1CC(c2ccc(CO)cc2)OC(c2ccc(-c3cccc(CNC(=O)NC45CC6CC(CC(C6)C4)C5)c3)cc2)O1. The van der Waals surface area contributed by atoms with Crippen molar-refractivity contribution in [3.8, 4) is 11.1 Å². The third-order valence-corrected chi connectivity index (χ3v) is 11.9. The third kappa shape index (κ3) is 8.26. The van der Waals surface area contributed by atoms with Crippen LogP contribution in [-0.4, -0.2) is 52.8 Å². The molecule has 3 unspecified atom stereocenters. The lowest BCUT2D eigenvalue weighted by Gasteiger charge is -2.56. The lowest BCUT2D eigenvalue weighted by molar-refractivity contribution is -0.252. The van der Waals surface area contributed by atoms with Crippen LogP contribution in [0.2, 0.25) is 0 Å². The molecule has 3 N–H and O–H groups in total. The number of carbonyl (C=O) groups is 1. The van der Waals surface area contributed by atoms with Gasteiger partial charge in [-0.15, -0.1) is 0 Å². The van der Waals surface area contributed by atoms with Crippen LogP contribution in [0.4, 0.5) is 4.79 Å². The van der Waals surface area contributed by atoms with E-state index in [1.165, 1.54) is 19.3 Å². The van der Waals surface area contributed by atoms with Crippen molar-refractivity contribution >= 4 is 6.03 Å². The second-order valence-corrected chi connectivity index (χ2v) is 16.0. The Morgan fingerprint density at radius 1 is 0.827 bits per heavy atom. The number of aromatic nitrogens is 1. The summed E-state index contributed by atoms with van der Waals surface area (Å²) in [6.07, 6.45) is 10.3. The molecule has 8 nitrogen and oxygen atoms in total. The first-order chi connectivity index (χ1) is 25.4. The van der Waals surface area contributed by atoms with Gasteiger partial charge in [-0.3, -0.25) is 4.98 Å². The van der Waals surface area contributed by atoms with Gasteiger partial charge in [0.05, 0.1) is 18.8 Å². The van der Waals surface area contributed by atoms with Crippen LogP contribution in [0.15, 0.2) is 97.2 Å². The van der Waals surface area contributed by atoms with Crippen molar-refractivity contribution in [1.82, 2.24) is 20.5 Å². The van der Waals surface area contributed by atoms with Crippen LogP contribution in [0.5, 0.6) is 0 Å². The molecule has 1 aromatic heterocycles. The molecule has 8 heteroatoms. The molecule has 9 rings (SSSR count). The van der Waals surface area contributed by atoms with Crippen LogP contribution in [0, 0.1) is 17.8 Å². The highest BCUT2D eigenvalue weighted by molar-refractivity contribution is 5.75. The molecule has 4 aliphatic carbocycles. The van der Waals surface area contributed by atoms with Gasteiger partial charge in [0.15, 0.2) is 6.29 Å². The van der Waals surface area contributed by atoms with Crippen molar-refractivity contribution in [3.05, 3.63) is 125 Å². The maximum absolute atomic E-state index is 13.1. The molecule has 4 aromatic rings. The Labute approximate surface area is 308 Å². The zero-order valence-electron chi connectivity index (χ0n) is 30.3. The quantitative estimate of drug-likeness (QED) is 0.140. The molecule has 5 fully saturated rings. The number of amides is 2. The molecule has 2 amide bonds. The molecule has 3 atom stereocenters. The van der Waals surface area contributed by atoms with E-state index in [1.54, 1.807) is 0 Å². The minimum Gasteiger partial charge on any atom is -0.392 e. The van der Waals surface area contributed by atoms with Gasteiger partial charge >= 0.3 is 6.03 Å². The monoisotopic (exact) mass is 700 g/mol. The van der Waals surface area contributed by atoms with Crippen LogP contribution in [0.25, 0.3) is 11.1 Å². The van der Waals surface area contributed by atoms with Gasteiger partial charge in [-0.2, -0.15) is 0 Å². The number of aliphatic hydroxyl groups is 1. The Hall–Kier alpha value is -4.08. The molecule has 5 aliphatic rings. The van der Waals surface area contributed by atoms with Crippen molar-refractivity contribution in [2.75, 3.05) is 20.1 Å². The largest absolute Gasteiger partial charge is 0.392 e. The number of hydrogen-bond acceptors (Lipinski definition) is 6. The fourth-order valence-electron chi connectivity index (χ4n) is 9.75. The van der Waals surface area contributed by atoms with Gasteiger partial charge in [0.2, 0.25) is 0 Å². The van der Waals surface area contributed by atoms with E-state index in [4.69, 9.17) is 9.47 Å². The van der Waals surface area contributed by atoms with Crippen LogP contribution in [0.3, 0.4) is 0 Å². The highest BCUT2D eigenvalue weighted by atomic mass is 16.7. The maximum Gasteiger partial charge on any atom is 0.315 e. The first-order valence-corrected chi connectivity index (χ1v) is 19.2. The summed E-state index contributed by atoms with van der Waals surface area (Å²) in [7, 11) is 2.13. The summed E-state index contributed by atoms with van der Waals surface area (Å²) >= 11 is 0. The number of pyridine rings is 1. The summed E-state index contributed by atoms with van der Waals surface area (Å²) in [4.78, 5) is 19.9. The predicted molar refractivity (Wildman–Crippen MR) is 202 cm³/mol. The maximum atomic E-state index is 13.1. The first kappa shape index (κ1) is 35.0. The van der Waals surface area contributed by atoms with E-state index < -0.39 is 6.29 Å². The average Bonchev–Trinajstić information content (AvgIpc) is 3.16. The van der Waals surface area contributed by atoms with Crippen molar-refractivity contribution in [1.29, 1.82) is 0 Å². The number of likely N-dealkylation sites (N-methyl/N-ethyl adjacent to an activating group) is 1. The molecule has 272 valence electrons. The summed E-state index contributed by atoms with van der Waals surface area (Å²) in [5.74, 6) is 2.40. The molecular formula is C44H52N4O4. The Morgan fingerprint density at radius 2 is 1.56 bits per heavy atom. The molecule has 2 heterocycles. The average molecular weight is 701 g/mol. The number of ether oxygens (including phenoxy) is 2. The summed E-state index contributed by atoms with van der Waals surface area (Å²) < 4.78 is 13.3. The number of nitrogens with zero attached hydrogens (tertiary/aromatic N) is 2. The minimum absolute atomic E-state index is 0.00870. The number of carbonyl (C=O) groups excluding carboxylic acids is 1. The van der Waals surface area contributed by atoms with Gasteiger partial charge < -0.3 is 30.1 Å². The van der Waals surface area contributed by atoms with Gasteiger partial charge in [0, 0.05) is 55.5 Å². The smallest absolute Gasteiger partial charge is 0.315 e. The van der Waals surface area contributed by atoms with E-state index in [0.29, 0.717) is 6.54 Å². The molecule has 52 heavy (non-hydrogen) atoms. The minimum atomic E-state index is -0.512. The number of urea groups is 1. The van der Waals surface area contributed by atoms with Crippen molar-refractivity contribution in [2.24, 2.45) is 17.8 Å². The van der Waals surface area contributed by atoms with Gasteiger partial charge in [0.1, 0.15) is 0 Å². The van der Waals surface area contributed by atoms with E-state index in [1.807, 2.05) is 30.5 Å². The van der Waals surface area contributed by atoms with Crippen LogP contribution in [-0.2, 0) is 29.0 Å². The summed E-state index contributed by atoms with van der Waals surface area (Å²) in [5.41, 5.74) is 7.31.